The number of hydrogen-bond donors (Lipinski definition) is 2. The summed E-state index contributed by atoms with van der Waals surface area (Å²) in [6, 6.07) is 18.5. The van der Waals surface area contributed by atoms with Crippen LogP contribution >= 0.6 is 23.2 Å². The molecule has 8 rings (SSSR count). The predicted molar refractivity (Wildman–Crippen MR) is 244 cm³/mol. The first-order valence-electron chi connectivity index (χ1n) is 20.0. The summed E-state index contributed by atoms with van der Waals surface area (Å²) in [7, 11) is -1.63. The average molecular weight is 954 g/mol. The van der Waals surface area contributed by atoms with Gasteiger partial charge in [0.1, 0.15) is 21.7 Å². The van der Waals surface area contributed by atoms with Crippen LogP contribution in [0.1, 0.15) is 34.3 Å². The number of aromatic nitrogens is 2. The number of carbonyl (C=O) groups excluding carboxylic acids is 1. The van der Waals surface area contributed by atoms with Crippen molar-refractivity contribution in [3.63, 3.8) is 0 Å². The highest BCUT2D eigenvalue weighted by Gasteiger charge is 2.45. The third-order valence-corrected chi connectivity index (χ3v) is 15.2. The SMILES string of the molecule is CN(C)N=Cc1ccc(C2CN(S(=O)(=O)c3cc4cc(Cl)ccc4[nH]3)CCN2C(=O)N2CCN(S(=O)(=O)c3cc4cc(Cl)ccc4[nH]3)CC2c2ccc(C=NN(C)C)cc2F)c(F)c1. The van der Waals surface area contributed by atoms with Crippen LogP contribution < -0.4 is 0 Å². The van der Waals surface area contributed by atoms with Gasteiger partial charge in [0.05, 0.1) is 24.5 Å². The number of fused-ring (bicyclic) bond motifs is 2. The van der Waals surface area contributed by atoms with Crippen molar-refractivity contribution < 1.29 is 30.4 Å². The number of sulfonamides is 2. The van der Waals surface area contributed by atoms with Crippen LogP contribution in [0.25, 0.3) is 21.8 Å². The lowest BCUT2D eigenvalue weighted by Crippen LogP contribution is -2.59. The molecule has 2 aromatic heterocycles. The van der Waals surface area contributed by atoms with Gasteiger partial charge in [0, 0.05) is 110 Å². The fourth-order valence-corrected chi connectivity index (χ4v) is 11.2. The number of nitrogens with zero attached hydrogens (tertiary/aromatic N) is 8. The lowest BCUT2D eigenvalue weighted by atomic mass is 9.99. The Bertz CT molecular complexity index is 2850. The van der Waals surface area contributed by atoms with E-state index in [1.165, 1.54) is 67.2 Å². The Labute approximate surface area is 379 Å². The number of H-pyrrole nitrogens is 2. The first kappa shape index (κ1) is 45.0. The number of benzene rings is 4. The topological polar surface area (TPSA) is 161 Å². The summed E-state index contributed by atoms with van der Waals surface area (Å²) in [6.07, 6.45) is 2.93. The highest BCUT2D eigenvalue weighted by molar-refractivity contribution is 7.89. The van der Waals surface area contributed by atoms with Crippen LogP contribution in [0.2, 0.25) is 10.0 Å². The number of nitrogens with one attached hydrogen (secondary N) is 2. The largest absolute Gasteiger partial charge is 0.345 e. The zero-order valence-electron chi connectivity index (χ0n) is 35.1. The number of halogens is 4. The molecule has 21 heteroatoms. The van der Waals surface area contributed by atoms with E-state index in [2.05, 4.69) is 20.2 Å². The van der Waals surface area contributed by atoms with E-state index < -0.39 is 49.8 Å². The van der Waals surface area contributed by atoms with Gasteiger partial charge in [0.2, 0.25) is 0 Å². The van der Waals surface area contributed by atoms with Gasteiger partial charge in [-0.3, -0.25) is 0 Å². The summed E-state index contributed by atoms with van der Waals surface area (Å²) in [5.41, 5.74) is 2.00. The predicted octanol–water partition coefficient (Wildman–Crippen LogP) is 6.94. The Kier molecular flexibility index (Phi) is 12.5. The van der Waals surface area contributed by atoms with Gasteiger partial charge < -0.3 is 29.8 Å². The molecule has 2 aliphatic heterocycles. The van der Waals surface area contributed by atoms with E-state index in [1.807, 2.05) is 0 Å². The second-order valence-corrected chi connectivity index (χ2v) is 20.6. The normalized spacial score (nSPS) is 18.2. The molecule has 2 fully saturated rings. The number of rotatable bonds is 10. The molecule has 0 aliphatic carbocycles. The van der Waals surface area contributed by atoms with E-state index in [0.29, 0.717) is 43.0 Å². The Morgan fingerprint density at radius 3 is 1.41 bits per heavy atom. The fraction of sp³-hybridized carbons (Fsp3) is 0.279. The van der Waals surface area contributed by atoms with Crippen molar-refractivity contribution in [3.05, 3.63) is 129 Å². The van der Waals surface area contributed by atoms with Gasteiger partial charge in [-0.25, -0.2) is 30.4 Å². The standard InChI is InChI=1S/C43H44Cl2F2N10O5S2/c1-52(2)48-23-27-5-9-33(35(46)17-27)39-25-54(63(59,60)41-21-29-19-31(44)7-11-37(29)50-41)13-15-56(39)43(58)57-16-14-55(64(61,62)42-22-30-20-32(45)8-12-38(30)51-42)26-40(57)34-10-6-28(18-36(34)47)24-49-53(3)4/h5-12,17-24,39-40,50-51H,13-16,25-26H2,1-4H3. The van der Waals surface area contributed by atoms with Gasteiger partial charge in [-0.2, -0.15) is 18.8 Å². The van der Waals surface area contributed by atoms with Gasteiger partial charge >= 0.3 is 6.03 Å². The zero-order chi connectivity index (χ0) is 45.7. The lowest BCUT2D eigenvalue weighted by Gasteiger charge is -2.47. The van der Waals surface area contributed by atoms with E-state index in [4.69, 9.17) is 23.2 Å². The minimum absolute atomic E-state index is 0.0334. The quantitative estimate of drug-likeness (QED) is 0.111. The maximum Gasteiger partial charge on any atom is 0.321 e. The molecular formula is C43H44Cl2F2N10O5S2. The number of amides is 2. The van der Waals surface area contributed by atoms with E-state index in [9.17, 15) is 16.8 Å². The van der Waals surface area contributed by atoms with Gasteiger partial charge in [0.15, 0.2) is 0 Å². The monoisotopic (exact) mass is 952 g/mol. The minimum atomic E-state index is -4.24. The van der Waals surface area contributed by atoms with Crippen LogP contribution in [0, 0.1) is 11.6 Å². The summed E-state index contributed by atoms with van der Waals surface area (Å²) < 4.78 is 92.4. The second-order valence-electron chi connectivity index (χ2n) is 15.9. The van der Waals surface area contributed by atoms with Crippen molar-refractivity contribution >= 4 is 83.5 Å². The molecule has 2 N–H and O–H groups in total. The molecule has 64 heavy (non-hydrogen) atoms. The van der Waals surface area contributed by atoms with E-state index in [0.717, 1.165) is 0 Å². The molecule has 2 amide bonds. The minimum Gasteiger partial charge on any atom is -0.345 e. The first-order valence-corrected chi connectivity index (χ1v) is 23.7. The fourth-order valence-electron chi connectivity index (χ4n) is 7.97. The zero-order valence-corrected chi connectivity index (χ0v) is 38.2. The summed E-state index contributed by atoms with van der Waals surface area (Å²) in [6.45, 7) is -1.42. The van der Waals surface area contributed by atoms with Crippen molar-refractivity contribution in [1.29, 1.82) is 0 Å². The molecule has 4 aromatic carbocycles. The molecule has 0 bridgehead atoms. The average Bonchev–Trinajstić information content (AvgIpc) is 3.89. The number of aromatic amines is 2. The van der Waals surface area contributed by atoms with Crippen LogP contribution in [0.4, 0.5) is 13.6 Å². The van der Waals surface area contributed by atoms with Gasteiger partial charge in [0.25, 0.3) is 20.0 Å². The molecule has 0 radical (unpaired) electrons. The van der Waals surface area contributed by atoms with Crippen molar-refractivity contribution in [2.75, 3.05) is 67.5 Å². The Balaban J connectivity index is 1.17. The summed E-state index contributed by atoms with van der Waals surface area (Å²) >= 11 is 12.4. The molecule has 2 atom stereocenters. The van der Waals surface area contributed by atoms with Crippen LogP contribution in [0.3, 0.4) is 0 Å². The number of hydrogen-bond acceptors (Lipinski definition) is 9. The number of hydrazone groups is 2. The summed E-state index contributed by atoms with van der Waals surface area (Å²) in [4.78, 5) is 23.8. The number of urea groups is 1. The molecule has 2 saturated heterocycles. The van der Waals surface area contributed by atoms with Crippen LogP contribution in [0.5, 0.6) is 0 Å². The maximum absolute atomic E-state index is 16.4. The molecule has 2 unspecified atom stereocenters. The highest BCUT2D eigenvalue weighted by atomic mass is 35.5. The first-order chi connectivity index (χ1) is 30.4. The van der Waals surface area contributed by atoms with Crippen molar-refractivity contribution in [2.24, 2.45) is 10.2 Å². The Morgan fingerprint density at radius 2 is 1.03 bits per heavy atom. The molecule has 2 aliphatic rings. The van der Waals surface area contributed by atoms with Crippen molar-refractivity contribution in [1.82, 2.24) is 38.4 Å². The Morgan fingerprint density at radius 1 is 0.625 bits per heavy atom. The van der Waals surface area contributed by atoms with Gasteiger partial charge in [-0.15, -0.1) is 0 Å². The van der Waals surface area contributed by atoms with Crippen LogP contribution in [0.15, 0.2) is 105 Å². The second kappa shape index (κ2) is 17.8. The highest BCUT2D eigenvalue weighted by Crippen LogP contribution is 2.37. The molecular weight excluding hydrogens is 910 g/mol. The number of carbonyl (C=O) groups is 1. The molecule has 0 saturated carbocycles. The van der Waals surface area contributed by atoms with E-state index in [1.54, 1.807) is 86.7 Å². The number of piperazine rings is 2. The van der Waals surface area contributed by atoms with Crippen molar-refractivity contribution in [2.45, 2.75) is 22.1 Å². The Hall–Kier alpha value is -5.57. The van der Waals surface area contributed by atoms with Crippen LogP contribution in [-0.2, 0) is 20.0 Å². The van der Waals surface area contributed by atoms with Crippen molar-refractivity contribution in [3.8, 4) is 0 Å². The lowest BCUT2D eigenvalue weighted by molar-refractivity contribution is 0.0683. The smallest absolute Gasteiger partial charge is 0.321 e. The molecule has 4 heterocycles. The third-order valence-electron chi connectivity index (χ3n) is 11.2. The summed E-state index contributed by atoms with van der Waals surface area (Å²) in [5.74, 6) is -1.42. The van der Waals surface area contributed by atoms with E-state index >= 15 is 13.6 Å². The van der Waals surface area contributed by atoms with Gasteiger partial charge in [-0.05, 0) is 71.8 Å². The molecule has 15 nitrogen and oxygen atoms in total. The van der Waals surface area contributed by atoms with Gasteiger partial charge in [-0.1, -0.05) is 47.5 Å². The van der Waals surface area contributed by atoms with E-state index in [-0.39, 0.29) is 60.4 Å². The van der Waals surface area contributed by atoms with Crippen LogP contribution in [-0.4, -0.2) is 141 Å². The summed E-state index contributed by atoms with van der Waals surface area (Å²) in [5, 5.41) is 13.2. The molecule has 0 spiro atoms. The molecule has 6 aromatic rings. The maximum atomic E-state index is 16.4. The molecule has 336 valence electrons. The third kappa shape index (κ3) is 9.05.